The Morgan fingerprint density at radius 3 is 3.00 bits per heavy atom. The highest BCUT2D eigenvalue weighted by atomic mass is 35.5. The number of H-pyrrole nitrogens is 1. The molecule has 36 heavy (non-hydrogen) atoms. The number of rotatable bonds is 6. The van der Waals surface area contributed by atoms with Crippen LogP contribution in [0.1, 0.15) is 30.7 Å². The third-order valence-electron chi connectivity index (χ3n) is 7.28. The van der Waals surface area contributed by atoms with Gasteiger partial charge in [-0.25, -0.2) is 14.8 Å². The van der Waals surface area contributed by atoms with Gasteiger partial charge in [0, 0.05) is 24.6 Å². The Morgan fingerprint density at radius 2 is 2.14 bits per heavy atom. The van der Waals surface area contributed by atoms with Crippen molar-refractivity contribution in [2.75, 3.05) is 33.4 Å². The maximum absolute atomic E-state index is 13.0. The van der Waals surface area contributed by atoms with Gasteiger partial charge < -0.3 is 19.4 Å². The van der Waals surface area contributed by atoms with Gasteiger partial charge in [0.2, 0.25) is 0 Å². The van der Waals surface area contributed by atoms with Crippen LogP contribution < -0.4 is 20.7 Å². The van der Waals surface area contributed by atoms with Crippen molar-refractivity contribution in [1.82, 2.24) is 24.4 Å². The molecule has 11 heteroatoms. The highest BCUT2D eigenvalue weighted by molar-refractivity contribution is 7.25. The Labute approximate surface area is 215 Å². The fourth-order valence-corrected chi connectivity index (χ4v) is 6.69. The first-order valence-electron chi connectivity index (χ1n) is 12.1. The smallest absolute Gasteiger partial charge is 0.328 e. The average molecular weight is 528 g/mol. The lowest BCUT2D eigenvalue weighted by atomic mass is 9.78. The van der Waals surface area contributed by atoms with Crippen LogP contribution >= 0.6 is 22.9 Å². The molecule has 1 N–H and O–H groups in total. The quantitative estimate of drug-likeness (QED) is 0.382. The van der Waals surface area contributed by atoms with Gasteiger partial charge in [-0.3, -0.25) is 9.36 Å². The molecule has 1 saturated heterocycles. The van der Waals surface area contributed by atoms with Crippen LogP contribution in [0.15, 0.2) is 34.0 Å². The summed E-state index contributed by atoms with van der Waals surface area (Å²) in [7, 11) is 1.71. The summed E-state index contributed by atoms with van der Waals surface area (Å²) in [6.45, 7) is 3.99. The van der Waals surface area contributed by atoms with Gasteiger partial charge in [-0.1, -0.05) is 17.7 Å². The van der Waals surface area contributed by atoms with E-state index in [-0.39, 0.29) is 10.7 Å². The maximum atomic E-state index is 13.0. The molecule has 3 aromatic heterocycles. The number of methoxy groups -OCH3 is 1. The number of hydrogen-bond acceptors (Lipinski definition) is 8. The van der Waals surface area contributed by atoms with Crippen molar-refractivity contribution < 1.29 is 9.47 Å². The van der Waals surface area contributed by atoms with Crippen LogP contribution in [0.5, 0.6) is 11.5 Å². The number of benzene rings is 1. The maximum Gasteiger partial charge on any atom is 0.328 e. The Bertz CT molecular complexity index is 1550. The predicted molar refractivity (Wildman–Crippen MR) is 140 cm³/mol. The number of unbranched alkanes of at least 4 members (excludes halogenated alkanes) is 1. The highest BCUT2D eigenvalue weighted by Crippen LogP contribution is 2.46. The molecule has 9 nitrogen and oxygen atoms in total. The summed E-state index contributed by atoms with van der Waals surface area (Å²) in [5.74, 6) is 2.74. The number of aromatic amines is 1. The zero-order valence-corrected chi connectivity index (χ0v) is 21.4. The summed E-state index contributed by atoms with van der Waals surface area (Å²) < 4.78 is 13.4. The molecule has 0 aliphatic carbocycles. The van der Waals surface area contributed by atoms with Crippen LogP contribution in [0.25, 0.3) is 20.6 Å². The lowest BCUT2D eigenvalue weighted by molar-refractivity contribution is 0.0902. The Morgan fingerprint density at radius 1 is 1.28 bits per heavy atom. The first-order valence-corrected chi connectivity index (χ1v) is 13.3. The fourth-order valence-electron chi connectivity index (χ4n) is 5.56. The summed E-state index contributed by atoms with van der Waals surface area (Å²) in [4.78, 5) is 40.0. The van der Waals surface area contributed by atoms with Gasteiger partial charge in [0.05, 0.1) is 25.4 Å². The summed E-state index contributed by atoms with van der Waals surface area (Å²) in [6, 6.07) is 6.02. The van der Waals surface area contributed by atoms with Crippen LogP contribution in [0.2, 0.25) is 5.15 Å². The van der Waals surface area contributed by atoms with E-state index in [0.717, 1.165) is 57.0 Å². The van der Waals surface area contributed by atoms with Crippen LogP contribution in [-0.4, -0.2) is 57.8 Å². The first-order chi connectivity index (χ1) is 17.5. The van der Waals surface area contributed by atoms with Crippen LogP contribution in [-0.2, 0) is 6.54 Å². The number of piperidine rings is 1. The number of hydrogen-bond donors (Lipinski definition) is 1. The Kier molecular flexibility index (Phi) is 6.18. The molecule has 0 saturated carbocycles. The van der Waals surface area contributed by atoms with Crippen molar-refractivity contribution in [3.63, 3.8) is 0 Å². The molecule has 6 rings (SSSR count). The first kappa shape index (κ1) is 23.4. The van der Waals surface area contributed by atoms with Gasteiger partial charge in [-0.15, -0.1) is 11.3 Å². The molecule has 0 unspecified atom stereocenters. The largest absolute Gasteiger partial charge is 0.496 e. The van der Waals surface area contributed by atoms with Crippen molar-refractivity contribution >= 4 is 43.5 Å². The molecule has 188 valence electrons. The van der Waals surface area contributed by atoms with Gasteiger partial charge >= 0.3 is 5.69 Å². The second-order valence-corrected chi connectivity index (χ2v) is 10.8. The molecule has 1 aromatic carbocycles. The molecule has 4 aromatic rings. The van der Waals surface area contributed by atoms with Gasteiger partial charge in [-0.05, 0) is 50.4 Å². The lowest BCUT2D eigenvalue weighted by Gasteiger charge is -2.42. The number of likely N-dealkylation sites (tertiary alicyclic amines) is 1. The number of nitrogens with one attached hydrogen (secondary N) is 1. The molecule has 0 bridgehead atoms. The average Bonchev–Trinajstić information content (AvgIpc) is 3.25. The van der Waals surface area contributed by atoms with E-state index in [0.29, 0.717) is 38.9 Å². The van der Waals surface area contributed by atoms with Crippen molar-refractivity contribution in [2.24, 2.45) is 5.92 Å². The predicted octanol–water partition coefficient (Wildman–Crippen LogP) is 3.63. The molecule has 2 aliphatic heterocycles. The van der Waals surface area contributed by atoms with Crippen LogP contribution in [0.4, 0.5) is 0 Å². The minimum atomic E-state index is -0.429. The molecule has 0 spiro atoms. The number of thiophene rings is 1. The topological polar surface area (TPSA) is 102 Å². The molecule has 1 fully saturated rings. The van der Waals surface area contributed by atoms with E-state index >= 15 is 0 Å². The zero-order chi connectivity index (χ0) is 24.8. The lowest BCUT2D eigenvalue weighted by Crippen LogP contribution is -2.44. The van der Waals surface area contributed by atoms with Crippen molar-refractivity contribution in [1.29, 1.82) is 0 Å². The van der Waals surface area contributed by atoms with Gasteiger partial charge in [0.25, 0.3) is 5.56 Å². The molecule has 0 amide bonds. The van der Waals surface area contributed by atoms with E-state index in [4.69, 9.17) is 21.1 Å². The van der Waals surface area contributed by atoms with Gasteiger partial charge in [0.1, 0.15) is 31.7 Å². The van der Waals surface area contributed by atoms with E-state index in [1.807, 2.05) is 18.2 Å². The fraction of sp³-hybridized carbons (Fsp3) is 0.440. The van der Waals surface area contributed by atoms with E-state index in [1.165, 1.54) is 27.7 Å². The van der Waals surface area contributed by atoms with Crippen LogP contribution in [0.3, 0.4) is 0 Å². The van der Waals surface area contributed by atoms with Crippen LogP contribution in [0, 0.1) is 5.92 Å². The Balaban J connectivity index is 1.10. The number of nitrogens with zero attached hydrogens (tertiary/aromatic N) is 4. The second kappa shape index (κ2) is 9.49. The molecule has 5 heterocycles. The van der Waals surface area contributed by atoms with Gasteiger partial charge in [0.15, 0.2) is 0 Å². The SMILES string of the molecule is COc1cccc2c1[C@H]1CCN(CCCCn3c(=O)[nH]c4c(sc5ncc(Cl)nc54)c3=O)C[C@@H]1CO2. The molecule has 2 atom stereocenters. The number of aromatic nitrogens is 4. The summed E-state index contributed by atoms with van der Waals surface area (Å²) in [5, 5.41) is 0.222. The van der Waals surface area contributed by atoms with E-state index in [1.54, 1.807) is 7.11 Å². The van der Waals surface area contributed by atoms with Crippen molar-refractivity contribution in [3.8, 4) is 11.5 Å². The number of ether oxygens (including phenoxy) is 2. The van der Waals surface area contributed by atoms with E-state index in [2.05, 4.69) is 19.9 Å². The van der Waals surface area contributed by atoms with E-state index in [9.17, 15) is 9.59 Å². The molecular formula is C25H26ClN5O4S. The summed E-state index contributed by atoms with van der Waals surface area (Å²) in [5.41, 5.74) is 1.34. The van der Waals surface area contributed by atoms with Gasteiger partial charge in [-0.2, -0.15) is 0 Å². The molecule has 0 radical (unpaired) electrons. The monoisotopic (exact) mass is 527 g/mol. The second-order valence-electron chi connectivity index (χ2n) is 9.39. The van der Waals surface area contributed by atoms with Crippen molar-refractivity contribution in [2.45, 2.75) is 31.7 Å². The molecular weight excluding hydrogens is 502 g/mol. The minimum absolute atomic E-state index is 0.222. The van der Waals surface area contributed by atoms with E-state index < -0.39 is 5.69 Å². The molecule has 2 aliphatic rings. The summed E-state index contributed by atoms with van der Waals surface area (Å²) in [6.07, 6.45) is 4.13. The third-order valence-corrected chi connectivity index (χ3v) is 8.54. The highest BCUT2D eigenvalue weighted by Gasteiger charge is 2.37. The minimum Gasteiger partial charge on any atom is -0.496 e. The zero-order valence-electron chi connectivity index (χ0n) is 19.8. The standard InChI is InChI=1S/C25H26ClN5O4S/c1-34-16-5-4-6-17-19(16)15-7-10-30(12-14(15)13-35-17)8-2-3-9-31-24(32)22-20(29-25(31)33)21-23(36-22)27-11-18(26)28-21/h4-6,11,14-15H,2-3,7-10,12-13H2,1H3,(H,29,33)/t14-,15+/m1/s1. The summed E-state index contributed by atoms with van der Waals surface area (Å²) >= 11 is 7.17. The van der Waals surface area contributed by atoms with Crippen molar-refractivity contribution in [3.05, 3.63) is 56.0 Å². The Hall–Kier alpha value is -2.95. The number of fused-ring (bicyclic) bond motifs is 6. The third kappa shape index (κ3) is 4.07. The normalized spacial score (nSPS) is 19.7. The number of halogens is 1.